The first kappa shape index (κ1) is 43.0. The Kier molecular flexibility index (Phi) is 11.3. The zero-order valence-corrected chi connectivity index (χ0v) is 41.5. The summed E-state index contributed by atoms with van der Waals surface area (Å²) in [6.45, 7) is 3.66. The molecule has 11 atom stereocenters. The molecule has 0 aromatic rings. The van der Waals surface area contributed by atoms with Crippen LogP contribution in [-0.2, 0) is 28.4 Å². The highest BCUT2D eigenvalue weighted by Crippen LogP contribution is 2.86. The third kappa shape index (κ3) is 5.67. The summed E-state index contributed by atoms with van der Waals surface area (Å²) >= 11 is 12.5. The first-order valence-corrected chi connectivity index (χ1v) is 29.9. The van der Waals surface area contributed by atoms with Gasteiger partial charge in [-0.25, -0.2) is 0 Å². The molecular weight excluding hydrogens is 927 g/mol. The van der Waals surface area contributed by atoms with Crippen molar-refractivity contribution in [3.8, 4) is 0 Å². The molecule has 0 aromatic carbocycles. The number of ether oxygens (including phenoxy) is 6. The van der Waals surface area contributed by atoms with Gasteiger partial charge in [-0.1, -0.05) is 54.7 Å². The Morgan fingerprint density at radius 2 is 1.78 bits per heavy atom. The molecule has 0 radical (unpaired) electrons. The van der Waals surface area contributed by atoms with Crippen LogP contribution >= 0.6 is 70.6 Å². The van der Waals surface area contributed by atoms with Crippen molar-refractivity contribution in [2.45, 2.75) is 65.9 Å². The number of nitrogens with zero attached hydrogens (tertiary/aromatic N) is 1. The largest absolute Gasteiger partial charge is 0.501 e. The Balaban J connectivity index is 1.31. The highest BCUT2D eigenvalue weighted by molar-refractivity contribution is 8.04. The molecule has 0 bridgehead atoms. The van der Waals surface area contributed by atoms with E-state index in [0.29, 0.717) is 39.6 Å². The van der Waals surface area contributed by atoms with Gasteiger partial charge in [0.25, 0.3) is 0 Å². The Labute approximate surface area is 409 Å². The van der Waals surface area contributed by atoms with E-state index in [-0.39, 0.29) is 34.5 Å². The lowest BCUT2D eigenvalue weighted by Crippen LogP contribution is -2.69. The molecule has 0 aliphatic carbocycles. The molecule has 1 fully saturated rings. The van der Waals surface area contributed by atoms with Crippen molar-refractivity contribution in [2.24, 2.45) is 28.1 Å². The summed E-state index contributed by atoms with van der Waals surface area (Å²) in [6, 6.07) is 0. The van der Waals surface area contributed by atoms with Gasteiger partial charge in [-0.2, -0.15) is 11.8 Å². The fourth-order valence-electron chi connectivity index (χ4n) is 14.8. The Bertz CT molecular complexity index is 2270. The minimum atomic E-state index is -0.815. The predicted molar refractivity (Wildman–Crippen MR) is 273 cm³/mol. The van der Waals surface area contributed by atoms with E-state index in [1.807, 2.05) is 36.0 Å². The van der Waals surface area contributed by atoms with Gasteiger partial charge in [0.2, 0.25) is 0 Å². The lowest BCUT2D eigenvalue weighted by molar-refractivity contribution is -0.0204. The van der Waals surface area contributed by atoms with Crippen LogP contribution in [0, 0.1) is 28.1 Å². The van der Waals surface area contributed by atoms with E-state index >= 15 is 0 Å². The second-order valence-electron chi connectivity index (χ2n) is 19.0. The second kappa shape index (κ2) is 17.1. The average Bonchev–Trinajstić information content (AvgIpc) is 4.17. The molecule has 13 rings (SSSR count). The first-order chi connectivity index (χ1) is 32.2. The van der Waals surface area contributed by atoms with Crippen LogP contribution in [0.25, 0.3) is 0 Å². The maximum absolute atomic E-state index is 7.63. The van der Waals surface area contributed by atoms with Crippen LogP contribution in [0.1, 0.15) is 32.1 Å². The second-order valence-corrected chi connectivity index (χ2v) is 25.4. The van der Waals surface area contributed by atoms with E-state index in [9.17, 15) is 0 Å². The normalized spacial score (nSPS) is 43.6. The van der Waals surface area contributed by atoms with Crippen LogP contribution in [-0.4, -0.2) is 113 Å². The molecule has 0 saturated carbocycles. The van der Waals surface area contributed by atoms with Gasteiger partial charge >= 0.3 is 0 Å². The zero-order chi connectivity index (χ0) is 43.1. The summed E-state index contributed by atoms with van der Waals surface area (Å²) in [4.78, 5) is 6.07. The maximum atomic E-state index is 7.63. The molecule has 7 nitrogen and oxygen atoms in total. The van der Waals surface area contributed by atoms with Crippen molar-refractivity contribution in [1.82, 2.24) is 4.90 Å². The van der Waals surface area contributed by atoms with E-state index in [1.54, 1.807) is 5.57 Å². The standard InChI is InChI=1S/C52H57NO6S6/c1-7-40(57-18-1)46-47(48(34-65-46,35-13-21-54-29-35)41-8-2-19-58-41)53-51(36-14-22-55-30-36,37-15-23-56-31-37)50(42-9-3-20-59-42,44-11-5-25-63-44)49(38-16-27-60-32-38,43-10-4-24-62-43)52(53,39-17-28-61-33-39)45-12-6-26-64-45/h1-2,4-5,7,9-10,12-14,16-17,19,21,25,27,31,35,38,40-41,43-44H,3,6,8,11,15,18,20,22-24,26,28-30,32-34H2. The molecule has 0 N–H and O–H groups in total. The Morgan fingerprint density at radius 3 is 2.45 bits per heavy atom. The van der Waals surface area contributed by atoms with Crippen LogP contribution in [0.5, 0.6) is 0 Å². The topological polar surface area (TPSA) is 58.6 Å². The minimum Gasteiger partial charge on any atom is -0.501 e. The summed E-state index contributed by atoms with van der Waals surface area (Å²) < 4.78 is 41.7. The van der Waals surface area contributed by atoms with Gasteiger partial charge < -0.3 is 33.3 Å². The fraction of sp³-hybridized carbons (Fsp3) is 0.538. The van der Waals surface area contributed by atoms with Crippen LogP contribution in [0.3, 0.4) is 0 Å². The minimum absolute atomic E-state index is 0.0597. The molecule has 13 aliphatic rings. The third-order valence-corrected chi connectivity index (χ3v) is 23.5. The molecule has 342 valence electrons. The number of likely N-dealkylation sites (tertiary alicyclic amines) is 1. The molecule has 0 spiro atoms. The van der Waals surface area contributed by atoms with Gasteiger partial charge in [0.1, 0.15) is 29.0 Å². The van der Waals surface area contributed by atoms with Gasteiger partial charge in [0.05, 0.1) is 69.3 Å². The summed E-state index contributed by atoms with van der Waals surface area (Å²) in [5.41, 5.74) is 2.50. The van der Waals surface area contributed by atoms with Gasteiger partial charge in [-0.3, -0.25) is 0 Å². The lowest BCUT2D eigenvalue weighted by atomic mass is 9.42. The predicted octanol–water partition coefficient (Wildman–Crippen LogP) is 10.9. The van der Waals surface area contributed by atoms with E-state index < -0.39 is 27.3 Å². The molecule has 0 amide bonds. The van der Waals surface area contributed by atoms with Crippen LogP contribution in [0.2, 0.25) is 0 Å². The summed E-state index contributed by atoms with van der Waals surface area (Å²) in [5.74, 6) is 7.30. The van der Waals surface area contributed by atoms with Crippen molar-refractivity contribution in [3.05, 3.63) is 141 Å². The molecule has 13 heteroatoms. The van der Waals surface area contributed by atoms with Gasteiger partial charge in [-0.15, -0.1) is 58.8 Å². The quantitative estimate of drug-likeness (QED) is 0.175. The average molecular weight is 984 g/mol. The monoisotopic (exact) mass is 983 g/mol. The first-order valence-electron chi connectivity index (χ1n) is 23.7. The van der Waals surface area contributed by atoms with Crippen molar-refractivity contribution < 1.29 is 28.4 Å². The third-order valence-electron chi connectivity index (χ3n) is 16.7. The van der Waals surface area contributed by atoms with Crippen LogP contribution in [0.15, 0.2) is 141 Å². The molecule has 13 aliphatic heterocycles. The summed E-state index contributed by atoms with van der Waals surface area (Å²) in [5, 5.41) is 5.16. The maximum Gasteiger partial charge on any atom is 0.114 e. The summed E-state index contributed by atoms with van der Waals surface area (Å²) in [7, 11) is 0. The Morgan fingerprint density at radius 1 is 0.785 bits per heavy atom. The zero-order valence-electron chi connectivity index (χ0n) is 36.6. The summed E-state index contributed by atoms with van der Waals surface area (Å²) in [6.07, 6.45) is 40.5. The van der Waals surface area contributed by atoms with Gasteiger partial charge in [0.15, 0.2) is 0 Å². The van der Waals surface area contributed by atoms with E-state index in [2.05, 4.69) is 142 Å². The van der Waals surface area contributed by atoms with Crippen LogP contribution < -0.4 is 0 Å². The van der Waals surface area contributed by atoms with E-state index in [4.69, 9.17) is 28.4 Å². The van der Waals surface area contributed by atoms with Crippen molar-refractivity contribution in [2.75, 3.05) is 74.2 Å². The van der Waals surface area contributed by atoms with Crippen molar-refractivity contribution >= 4 is 70.6 Å². The van der Waals surface area contributed by atoms with Gasteiger partial charge in [0, 0.05) is 91.1 Å². The SMILES string of the molecule is C1=CC(C2=C(N3C(C4=COCC4)(C4=CCOC4)C(C4=CCCO4)(C4CC=CS4)C(C4C=CSC4)(C4C=CCS4)C3(C3=CCSC3)C3=CCCS3)C(C3C=COC3)(C3CC=CO3)CS2)OC1. The fourth-order valence-corrected chi connectivity index (χ4v) is 22.5. The highest BCUT2D eigenvalue weighted by atomic mass is 32.2. The van der Waals surface area contributed by atoms with Crippen LogP contribution in [0.4, 0.5) is 0 Å². The molecule has 0 aromatic heterocycles. The number of thioether (sulfide) groups is 6. The molecule has 1 saturated heterocycles. The molecule has 13 heterocycles. The number of hydrogen-bond donors (Lipinski definition) is 0. The van der Waals surface area contributed by atoms with E-state index in [1.165, 1.54) is 32.4 Å². The number of hydrogen-bond acceptors (Lipinski definition) is 13. The van der Waals surface area contributed by atoms with Gasteiger partial charge in [-0.05, 0) is 64.5 Å². The Hall–Kier alpha value is -2.10. The van der Waals surface area contributed by atoms with E-state index in [0.717, 1.165) is 66.6 Å². The lowest BCUT2D eigenvalue weighted by Gasteiger charge is -2.62. The number of rotatable bonds is 12. The van der Waals surface area contributed by atoms with Crippen molar-refractivity contribution in [3.63, 3.8) is 0 Å². The molecule has 11 unspecified atom stereocenters. The molecule has 65 heavy (non-hydrogen) atoms. The molecular formula is C52H57NO6S6. The smallest absolute Gasteiger partial charge is 0.114 e. The number of allylic oxidation sites excluding steroid dienone is 3. The van der Waals surface area contributed by atoms with Crippen molar-refractivity contribution in [1.29, 1.82) is 0 Å². The highest BCUT2D eigenvalue weighted by Gasteiger charge is 2.91.